The van der Waals surface area contributed by atoms with Crippen molar-refractivity contribution in [2.24, 2.45) is 0 Å². The van der Waals surface area contributed by atoms with Gasteiger partial charge in [-0.1, -0.05) is 6.07 Å². The summed E-state index contributed by atoms with van der Waals surface area (Å²) >= 11 is 0. The minimum absolute atomic E-state index is 0.0268. The molecule has 1 aliphatic heterocycles. The van der Waals surface area contributed by atoms with Crippen molar-refractivity contribution < 1.29 is 53.9 Å². The number of nitrogens with one attached hydrogen (secondary N) is 1. The van der Waals surface area contributed by atoms with Gasteiger partial charge >= 0.3 is 24.5 Å². The molecule has 0 aliphatic carbocycles. The highest BCUT2D eigenvalue weighted by atomic mass is 19.4. The molecule has 1 unspecified atom stereocenters. The highest BCUT2D eigenvalue weighted by Gasteiger charge is 2.60. The van der Waals surface area contributed by atoms with Gasteiger partial charge in [-0.25, -0.2) is 4.79 Å². The van der Waals surface area contributed by atoms with Gasteiger partial charge in [0.1, 0.15) is 5.60 Å². The molecular weight excluding hydrogens is 521 g/mol. The molecule has 0 saturated carbocycles. The van der Waals surface area contributed by atoms with Crippen LogP contribution in [-0.4, -0.2) is 17.7 Å². The first kappa shape index (κ1) is 28.4. The van der Waals surface area contributed by atoms with Crippen LogP contribution >= 0.6 is 0 Å². The molecule has 1 aliphatic rings. The molecule has 0 spiro atoms. The molecule has 0 amide bonds. The van der Waals surface area contributed by atoms with Gasteiger partial charge in [0.2, 0.25) is 5.60 Å². The summed E-state index contributed by atoms with van der Waals surface area (Å²) in [5.41, 5.74) is -7.78. The lowest BCUT2D eigenvalue weighted by Crippen LogP contribution is -2.43. The van der Waals surface area contributed by atoms with E-state index in [0.717, 1.165) is 0 Å². The van der Waals surface area contributed by atoms with E-state index in [1.807, 2.05) is 5.48 Å². The third-order valence-corrected chi connectivity index (χ3v) is 5.26. The monoisotopic (exact) mass is 541 g/mol. The molecule has 0 fully saturated rings. The average Bonchev–Trinajstić information content (AvgIpc) is 3.17. The average molecular weight is 541 g/mol. The summed E-state index contributed by atoms with van der Waals surface area (Å²) in [6, 6.07) is 3.43. The fourth-order valence-corrected chi connectivity index (χ4v) is 3.55. The van der Waals surface area contributed by atoms with Crippen molar-refractivity contribution in [2.75, 3.05) is 0 Å². The molecule has 1 atom stereocenters. The van der Waals surface area contributed by atoms with Crippen LogP contribution in [0.3, 0.4) is 0 Å². The predicted molar refractivity (Wildman–Crippen MR) is 113 cm³/mol. The summed E-state index contributed by atoms with van der Waals surface area (Å²) in [5.74, 6) is -0.700. The maximum absolute atomic E-state index is 14.2. The van der Waals surface area contributed by atoms with Crippen LogP contribution in [0, 0.1) is 6.92 Å². The smallest absolute Gasteiger partial charge is 0.428 e. The van der Waals surface area contributed by atoms with E-state index in [0.29, 0.717) is 6.08 Å². The molecule has 3 rings (SSSR count). The van der Waals surface area contributed by atoms with Gasteiger partial charge in [0, 0.05) is 5.56 Å². The second-order valence-electron chi connectivity index (χ2n) is 9.32. The summed E-state index contributed by atoms with van der Waals surface area (Å²) < 4.78 is 128. The highest BCUT2D eigenvalue weighted by Crippen LogP contribution is 2.49. The van der Waals surface area contributed by atoms with Gasteiger partial charge in [-0.3, -0.25) is 10.3 Å². The molecule has 2 aromatic carbocycles. The fraction of sp³-hybridized carbons (Fsp3) is 0.375. The molecule has 0 aromatic heterocycles. The van der Waals surface area contributed by atoms with Crippen LogP contribution in [-0.2, 0) is 27.5 Å². The number of carbonyl (C=O) groups is 1. The zero-order valence-electron chi connectivity index (χ0n) is 19.7. The normalized spacial score (nSPS) is 18.9. The number of hydrogen-bond donors (Lipinski definition) is 1. The van der Waals surface area contributed by atoms with Gasteiger partial charge in [0.25, 0.3) is 0 Å². The van der Waals surface area contributed by atoms with Gasteiger partial charge in [0.05, 0.1) is 22.4 Å². The topological polar surface area (TPSA) is 47.6 Å². The predicted octanol–water partition coefficient (Wildman–Crippen LogP) is 7.32. The van der Waals surface area contributed by atoms with E-state index < -0.39 is 52.4 Å². The Morgan fingerprint density at radius 1 is 0.865 bits per heavy atom. The Hall–Kier alpha value is -3.22. The van der Waals surface area contributed by atoms with Gasteiger partial charge in [0.15, 0.2) is 0 Å². The molecule has 202 valence electrons. The number of halogens is 9. The number of aryl methyl sites for hydroxylation is 1. The Labute approximate surface area is 205 Å². The van der Waals surface area contributed by atoms with Gasteiger partial charge in [-0.15, -0.1) is 0 Å². The van der Waals surface area contributed by atoms with Crippen molar-refractivity contribution in [1.29, 1.82) is 0 Å². The van der Waals surface area contributed by atoms with Crippen LogP contribution < -0.4 is 5.48 Å². The Morgan fingerprint density at radius 3 is 1.84 bits per heavy atom. The lowest BCUT2D eigenvalue weighted by atomic mass is 9.88. The lowest BCUT2D eigenvalue weighted by Gasteiger charge is -2.29. The largest absolute Gasteiger partial charge is 0.456 e. The van der Waals surface area contributed by atoms with Crippen molar-refractivity contribution in [3.05, 3.63) is 75.9 Å². The SMILES string of the molecule is Cc1cc(C2=CC(c3cc(C(F)(F)F)cc(C(F)(F)F)c3)(C(F)(F)F)ON2)ccc1C(=O)OC(C)(C)C. The quantitative estimate of drug-likeness (QED) is 0.327. The van der Waals surface area contributed by atoms with Crippen LogP contribution in [0.5, 0.6) is 0 Å². The van der Waals surface area contributed by atoms with Crippen molar-refractivity contribution >= 4 is 11.7 Å². The van der Waals surface area contributed by atoms with Gasteiger partial charge in [-0.05, 0) is 75.2 Å². The van der Waals surface area contributed by atoms with Crippen molar-refractivity contribution in [1.82, 2.24) is 5.48 Å². The number of esters is 1. The van der Waals surface area contributed by atoms with E-state index in [2.05, 4.69) is 4.84 Å². The third-order valence-electron chi connectivity index (χ3n) is 5.26. The third kappa shape index (κ3) is 5.86. The van der Waals surface area contributed by atoms with Crippen LogP contribution in [0.25, 0.3) is 5.70 Å². The molecule has 0 saturated heterocycles. The Kier molecular flexibility index (Phi) is 6.87. The van der Waals surface area contributed by atoms with E-state index in [9.17, 15) is 44.3 Å². The summed E-state index contributed by atoms with van der Waals surface area (Å²) in [4.78, 5) is 17.0. The van der Waals surface area contributed by atoms with Gasteiger partial charge < -0.3 is 4.74 Å². The lowest BCUT2D eigenvalue weighted by molar-refractivity contribution is -0.269. The first-order valence-corrected chi connectivity index (χ1v) is 10.5. The summed E-state index contributed by atoms with van der Waals surface area (Å²) in [6.45, 7) is 6.37. The van der Waals surface area contributed by atoms with Gasteiger partial charge in [-0.2, -0.15) is 39.5 Å². The van der Waals surface area contributed by atoms with Crippen LogP contribution in [0.15, 0.2) is 42.5 Å². The minimum atomic E-state index is -5.47. The van der Waals surface area contributed by atoms with Crippen LogP contribution in [0.4, 0.5) is 39.5 Å². The zero-order valence-corrected chi connectivity index (χ0v) is 19.7. The second-order valence-corrected chi connectivity index (χ2v) is 9.32. The maximum Gasteiger partial charge on any atom is 0.428 e. The molecule has 4 nitrogen and oxygen atoms in total. The number of alkyl halides is 9. The Morgan fingerprint density at radius 2 is 1.41 bits per heavy atom. The molecule has 1 heterocycles. The van der Waals surface area contributed by atoms with E-state index in [4.69, 9.17) is 4.74 Å². The zero-order chi connectivity index (χ0) is 28.2. The summed E-state index contributed by atoms with van der Waals surface area (Å²) in [5, 5.41) is 0. The van der Waals surface area contributed by atoms with E-state index in [1.165, 1.54) is 25.1 Å². The Balaban J connectivity index is 2.14. The maximum atomic E-state index is 14.2. The number of hydroxylamine groups is 1. The molecule has 2 aromatic rings. The van der Waals surface area contributed by atoms with Crippen molar-refractivity contribution in [3.8, 4) is 0 Å². The molecular formula is C24H20F9NO3. The number of carbonyl (C=O) groups excluding carboxylic acids is 1. The van der Waals surface area contributed by atoms with E-state index in [1.54, 1.807) is 20.8 Å². The van der Waals surface area contributed by atoms with Crippen LogP contribution in [0.1, 0.15) is 58.9 Å². The van der Waals surface area contributed by atoms with E-state index in [-0.39, 0.29) is 40.6 Å². The number of hydrogen-bond acceptors (Lipinski definition) is 4. The second kappa shape index (κ2) is 8.96. The number of ether oxygens (including phenoxy) is 1. The fourth-order valence-electron chi connectivity index (χ4n) is 3.55. The van der Waals surface area contributed by atoms with Crippen molar-refractivity contribution in [3.63, 3.8) is 0 Å². The summed E-state index contributed by atoms with van der Waals surface area (Å²) in [7, 11) is 0. The standard InChI is InChI=1S/C24H20F9NO3/c1-12-7-13(5-6-17(12)19(35)36-20(2,3)4)18-11-21(37-34-18,24(31,32)33)14-8-15(22(25,26)27)10-16(9-14)23(28,29)30/h5-11,34H,1-4H3. The summed E-state index contributed by atoms with van der Waals surface area (Å²) in [6.07, 6.45) is -15.9. The Bertz CT molecular complexity index is 1210. The van der Waals surface area contributed by atoms with Crippen molar-refractivity contribution in [2.45, 2.75) is 57.4 Å². The molecule has 1 N–H and O–H groups in total. The molecule has 37 heavy (non-hydrogen) atoms. The van der Waals surface area contributed by atoms with Crippen LogP contribution in [0.2, 0.25) is 0 Å². The van der Waals surface area contributed by atoms with E-state index >= 15 is 0 Å². The molecule has 0 bridgehead atoms. The number of benzene rings is 2. The molecule has 13 heteroatoms. The number of rotatable bonds is 3. The first-order valence-electron chi connectivity index (χ1n) is 10.5. The minimum Gasteiger partial charge on any atom is -0.456 e. The first-order chi connectivity index (χ1) is 16.6. The molecule has 0 radical (unpaired) electrons. The highest BCUT2D eigenvalue weighted by molar-refractivity contribution is 5.92.